The van der Waals surface area contributed by atoms with Crippen molar-refractivity contribution < 1.29 is 27.8 Å². The molecule has 0 aliphatic carbocycles. The maximum atomic E-state index is 14.1. The van der Waals surface area contributed by atoms with Gasteiger partial charge in [0, 0.05) is 17.8 Å². The van der Waals surface area contributed by atoms with Crippen LogP contribution in [0.3, 0.4) is 0 Å². The number of ether oxygens (including phenoxy) is 1. The van der Waals surface area contributed by atoms with E-state index >= 15 is 0 Å². The summed E-state index contributed by atoms with van der Waals surface area (Å²) in [6.45, 7) is 2.87. The highest BCUT2D eigenvalue weighted by molar-refractivity contribution is 5.93. The van der Waals surface area contributed by atoms with Crippen LogP contribution in [0.5, 0.6) is 5.75 Å². The number of aliphatic carboxylic acids is 1. The van der Waals surface area contributed by atoms with Crippen LogP contribution in [0.15, 0.2) is 71.3 Å². The predicted octanol–water partition coefficient (Wildman–Crippen LogP) is 5.85. The molecule has 1 fully saturated rings. The van der Waals surface area contributed by atoms with E-state index in [9.17, 15) is 18.7 Å². The number of piperidine rings is 1. The Bertz CT molecular complexity index is 1380. The van der Waals surface area contributed by atoms with Gasteiger partial charge in [0.2, 0.25) is 0 Å². The van der Waals surface area contributed by atoms with Crippen molar-refractivity contribution in [2.45, 2.75) is 19.4 Å². The van der Waals surface area contributed by atoms with Crippen molar-refractivity contribution >= 4 is 22.6 Å². The molecular formula is C29H28F2N2O4. The first-order valence-electron chi connectivity index (χ1n) is 12.3. The van der Waals surface area contributed by atoms with Gasteiger partial charge in [0.25, 0.3) is 0 Å². The molecule has 1 saturated heterocycles. The third kappa shape index (κ3) is 5.75. The Kier molecular flexibility index (Phi) is 7.37. The standard InChI is InChI=1S/C29H28F2N2O4/c30-26-15-25(29-24(28(26)31)10-13-36-29)21-4-6-23(7-5-21)37-18-20-2-1-3-22(14-20)33(17-27(34)35)16-19-8-11-32-12-9-19/h1-7,10,13-15,19,32H,8-9,11-12,16-18H2,(H,34,35). The number of fused-ring (bicyclic) bond motifs is 1. The molecule has 2 N–H and O–H groups in total. The molecule has 3 aromatic carbocycles. The number of carboxylic acids is 1. The predicted molar refractivity (Wildman–Crippen MR) is 138 cm³/mol. The van der Waals surface area contributed by atoms with E-state index in [0.29, 0.717) is 41.5 Å². The zero-order chi connectivity index (χ0) is 25.8. The largest absolute Gasteiger partial charge is 0.489 e. The van der Waals surface area contributed by atoms with Gasteiger partial charge in [-0.3, -0.25) is 4.79 Å². The van der Waals surface area contributed by atoms with Crippen LogP contribution < -0.4 is 15.0 Å². The first-order valence-corrected chi connectivity index (χ1v) is 12.3. The molecular weight excluding hydrogens is 478 g/mol. The van der Waals surface area contributed by atoms with Crippen molar-refractivity contribution in [3.8, 4) is 16.9 Å². The van der Waals surface area contributed by atoms with Crippen molar-refractivity contribution in [3.05, 3.63) is 84.1 Å². The third-order valence-electron chi connectivity index (χ3n) is 6.74. The SMILES string of the molecule is O=C(O)CN(CC1CCNCC1)c1cccc(COc2ccc(-c3cc(F)c(F)c4ccoc34)cc2)c1. The van der Waals surface area contributed by atoms with Crippen LogP contribution in [0.25, 0.3) is 22.1 Å². The highest BCUT2D eigenvalue weighted by Gasteiger charge is 2.20. The number of benzene rings is 3. The number of furan rings is 1. The number of rotatable bonds is 9. The highest BCUT2D eigenvalue weighted by Crippen LogP contribution is 2.33. The molecule has 0 saturated carbocycles. The topological polar surface area (TPSA) is 74.9 Å². The normalized spacial score (nSPS) is 14.1. The number of nitrogens with one attached hydrogen (secondary N) is 1. The van der Waals surface area contributed by atoms with Gasteiger partial charge < -0.3 is 24.5 Å². The molecule has 8 heteroatoms. The number of carbonyl (C=O) groups is 1. The minimum atomic E-state index is -0.929. The van der Waals surface area contributed by atoms with E-state index in [4.69, 9.17) is 9.15 Å². The molecule has 0 atom stereocenters. The smallest absolute Gasteiger partial charge is 0.323 e. The second-order valence-electron chi connectivity index (χ2n) is 9.33. The number of halogens is 2. The van der Waals surface area contributed by atoms with E-state index in [-0.39, 0.29) is 11.9 Å². The summed E-state index contributed by atoms with van der Waals surface area (Å²) in [7, 11) is 0. The summed E-state index contributed by atoms with van der Waals surface area (Å²) in [4.78, 5) is 13.4. The van der Waals surface area contributed by atoms with Crippen molar-refractivity contribution in [3.63, 3.8) is 0 Å². The van der Waals surface area contributed by atoms with Crippen molar-refractivity contribution in [2.24, 2.45) is 5.92 Å². The molecule has 0 amide bonds. The van der Waals surface area contributed by atoms with Crippen LogP contribution in [0.2, 0.25) is 0 Å². The zero-order valence-electron chi connectivity index (χ0n) is 20.3. The van der Waals surface area contributed by atoms with Crippen LogP contribution in [0, 0.1) is 17.6 Å². The third-order valence-corrected chi connectivity index (χ3v) is 6.74. The number of hydrogen-bond acceptors (Lipinski definition) is 5. The summed E-state index contributed by atoms with van der Waals surface area (Å²) >= 11 is 0. The van der Waals surface area contributed by atoms with Crippen LogP contribution in [0.4, 0.5) is 14.5 Å². The number of anilines is 1. The van der Waals surface area contributed by atoms with Gasteiger partial charge in [-0.15, -0.1) is 0 Å². The molecule has 0 unspecified atom stereocenters. The molecule has 1 aromatic heterocycles. The van der Waals surface area contributed by atoms with Gasteiger partial charge in [0.1, 0.15) is 24.5 Å². The minimum Gasteiger partial charge on any atom is -0.489 e. The number of nitrogens with zero attached hydrogens (tertiary/aromatic N) is 1. The maximum Gasteiger partial charge on any atom is 0.323 e. The van der Waals surface area contributed by atoms with Gasteiger partial charge >= 0.3 is 5.97 Å². The fraction of sp³-hybridized carbons (Fsp3) is 0.276. The first-order chi connectivity index (χ1) is 18.0. The molecule has 1 aliphatic rings. The monoisotopic (exact) mass is 506 g/mol. The molecule has 37 heavy (non-hydrogen) atoms. The zero-order valence-corrected chi connectivity index (χ0v) is 20.3. The van der Waals surface area contributed by atoms with Crippen molar-refractivity contribution in [1.29, 1.82) is 0 Å². The molecule has 6 nitrogen and oxygen atoms in total. The summed E-state index contributed by atoms with van der Waals surface area (Å²) < 4.78 is 39.5. The summed E-state index contributed by atoms with van der Waals surface area (Å²) in [5.41, 5.74) is 3.21. The Labute approximate surface area is 213 Å². The lowest BCUT2D eigenvalue weighted by Gasteiger charge is -2.30. The van der Waals surface area contributed by atoms with Gasteiger partial charge in [-0.2, -0.15) is 0 Å². The molecule has 0 radical (unpaired) electrons. The second kappa shape index (κ2) is 11.0. The Hall–Kier alpha value is -3.91. The van der Waals surface area contributed by atoms with E-state index in [1.165, 1.54) is 12.3 Å². The van der Waals surface area contributed by atoms with Crippen LogP contribution in [-0.2, 0) is 11.4 Å². The summed E-state index contributed by atoms with van der Waals surface area (Å²) in [6, 6.07) is 17.4. The average Bonchev–Trinajstić information content (AvgIpc) is 3.41. The van der Waals surface area contributed by atoms with Gasteiger partial charge in [-0.05, 0) is 79.4 Å². The quantitative estimate of drug-likeness (QED) is 0.297. The first kappa shape index (κ1) is 24.8. The molecule has 2 heterocycles. The maximum absolute atomic E-state index is 14.1. The van der Waals surface area contributed by atoms with Crippen molar-refractivity contribution in [2.75, 3.05) is 31.1 Å². The molecule has 0 bridgehead atoms. The van der Waals surface area contributed by atoms with Gasteiger partial charge in [0.05, 0.1) is 11.6 Å². The Morgan fingerprint density at radius 2 is 1.86 bits per heavy atom. The van der Waals surface area contributed by atoms with Gasteiger partial charge in [0.15, 0.2) is 11.6 Å². The van der Waals surface area contributed by atoms with Crippen LogP contribution in [0.1, 0.15) is 18.4 Å². The lowest BCUT2D eigenvalue weighted by molar-refractivity contribution is -0.135. The lowest BCUT2D eigenvalue weighted by Crippen LogP contribution is -2.38. The van der Waals surface area contributed by atoms with Gasteiger partial charge in [-0.25, -0.2) is 8.78 Å². The van der Waals surface area contributed by atoms with E-state index < -0.39 is 17.6 Å². The number of carboxylic acid groups (broad SMARTS) is 1. The Morgan fingerprint density at radius 3 is 2.62 bits per heavy atom. The van der Waals surface area contributed by atoms with E-state index in [1.54, 1.807) is 24.3 Å². The molecule has 1 aliphatic heterocycles. The Balaban J connectivity index is 1.28. The Morgan fingerprint density at radius 1 is 1.08 bits per heavy atom. The van der Waals surface area contributed by atoms with E-state index in [0.717, 1.165) is 43.2 Å². The molecule has 0 spiro atoms. The highest BCUT2D eigenvalue weighted by atomic mass is 19.2. The fourth-order valence-corrected chi connectivity index (χ4v) is 4.83. The molecule has 192 valence electrons. The van der Waals surface area contributed by atoms with E-state index in [1.807, 2.05) is 29.2 Å². The molecule has 5 rings (SSSR count). The average molecular weight is 507 g/mol. The summed E-state index contributed by atoms with van der Waals surface area (Å²) in [6.07, 6.45) is 3.40. The second-order valence-corrected chi connectivity index (χ2v) is 9.33. The lowest BCUT2D eigenvalue weighted by atomic mass is 9.97. The summed E-state index contributed by atoms with van der Waals surface area (Å²) in [5, 5.41) is 12.9. The summed E-state index contributed by atoms with van der Waals surface area (Å²) in [5.74, 6) is -1.64. The molecule has 4 aromatic rings. The van der Waals surface area contributed by atoms with Crippen LogP contribution >= 0.6 is 0 Å². The van der Waals surface area contributed by atoms with Crippen LogP contribution in [-0.4, -0.2) is 37.3 Å². The fourth-order valence-electron chi connectivity index (χ4n) is 4.83. The number of hydrogen-bond donors (Lipinski definition) is 2. The van der Waals surface area contributed by atoms with Crippen molar-refractivity contribution in [1.82, 2.24) is 5.32 Å². The van der Waals surface area contributed by atoms with E-state index in [2.05, 4.69) is 5.32 Å². The minimum absolute atomic E-state index is 0.0530. The van der Waals surface area contributed by atoms with Gasteiger partial charge in [-0.1, -0.05) is 24.3 Å².